The number of rotatable bonds is 2. The van der Waals surface area contributed by atoms with Gasteiger partial charge in [-0.15, -0.1) is 11.3 Å². The fourth-order valence-electron chi connectivity index (χ4n) is 1.24. The lowest BCUT2D eigenvalue weighted by Gasteiger charge is -2.02. The predicted molar refractivity (Wildman–Crippen MR) is 53.8 cm³/mol. The van der Waals surface area contributed by atoms with Crippen LogP contribution in [0.2, 0.25) is 0 Å². The molecule has 2 rings (SSSR count). The first-order valence-electron chi connectivity index (χ1n) is 3.89. The summed E-state index contributed by atoms with van der Waals surface area (Å²) in [5.41, 5.74) is 0.580. The number of halogens is 2. The number of hydrogen-bond donors (Lipinski definition) is 0. The highest BCUT2D eigenvalue weighted by molar-refractivity contribution is 7.18. The molecule has 5 heteroatoms. The summed E-state index contributed by atoms with van der Waals surface area (Å²) in [6, 6.07) is 5.15. The van der Waals surface area contributed by atoms with Gasteiger partial charge in [0, 0.05) is 15.5 Å². The van der Waals surface area contributed by atoms with E-state index >= 15 is 0 Å². The van der Waals surface area contributed by atoms with Crippen molar-refractivity contribution < 1.29 is 13.5 Å². The van der Waals surface area contributed by atoms with Crippen LogP contribution in [-0.4, -0.2) is 14.5 Å². The van der Waals surface area contributed by atoms with Crippen molar-refractivity contribution in [2.45, 2.75) is 6.61 Å². The summed E-state index contributed by atoms with van der Waals surface area (Å²) < 4.78 is 29.1. The maximum atomic E-state index is 12.0. The lowest BCUT2D eigenvalue weighted by atomic mass is 9.95. The number of benzene rings is 1. The van der Waals surface area contributed by atoms with E-state index in [0.717, 1.165) is 4.70 Å². The van der Waals surface area contributed by atoms with Crippen molar-refractivity contribution in [1.82, 2.24) is 0 Å². The lowest BCUT2D eigenvalue weighted by Crippen LogP contribution is -2.03. The largest absolute Gasteiger partial charge is 0.433 e. The van der Waals surface area contributed by atoms with Gasteiger partial charge in [-0.05, 0) is 6.07 Å². The van der Waals surface area contributed by atoms with E-state index in [4.69, 9.17) is 7.85 Å². The van der Waals surface area contributed by atoms with Crippen molar-refractivity contribution >= 4 is 34.7 Å². The zero-order valence-electron chi connectivity index (χ0n) is 7.04. The van der Waals surface area contributed by atoms with E-state index < -0.39 is 6.61 Å². The highest BCUT2D eigenvalue weighted by Gasteiger charge is 2.10. The average molecular weight is 210 g/mol. The van der Waals surface area contributed by atoms with Gasteiger partial charge < -0.3 is 4.74 Å². The first-order valence-corrected chi connectivity index (χ1v) is 4.77. The minimum atomic E-state index is -2.80. The molecule has 0 aliphatic rings. The van der Waals surface area contributed by atoms with Crippen molar-refractivity contribution in [1.29, 1.82) is 0 Å². The SMILES string of the molecule is [B]c1cccc2c(OC(F)F)csc12. The number of hydrogen-bond acceptors (Lipinski definition) is 2. The average Bonchev–Trinajstić information content (AvgIpc) is 2.49. The van der Waals surface area contributed by atoms with Gasteiger partial charge in [-0.1, -0.05) is 17.6 Å². The second-order valence-corrected chi connectivity index (χ2v) is 3.58. The molecule has 0 bridgehead atoms. The van der Waals surface area contributed by atoms with Crippen molar-refractivity contribution in [3.8, 4) is 5.75 Å². The molecule has 2 aromatic rings. The van der Waals surface area contributed by atoms with Crippen molar-refractivity contribution in [3.63, 3.8) is 0 Å². The van der Waals surface area contributed by atoms with E-state index in [1.54, 1.807) is 18.2 Å². The molecule has 0 spiro atoms. The number of ether oxygens (including phenoxy) is 1. The Labute approximate surface area is 84.7 Å². The Balaban J connectivity index is 2.52. The van der Waals surface area contributed by atoms with E-state index in [9.17, 15) is 8.78 Å². The molecule has 0 fully saturated rings. The van der Waals surface area contributed by atoms with Crippen molar-refractivity contribution in [2.24, 2.45) is 0 Å². The van der Waals surface area contributed by atoms with Gasteiger partial charge in [0.15, 0.2) is 0 Å². The predicted octanol–water partition coefficient (Wildman–Crippen LogP) is 2.30. The summed E-state index contributed by atoms with van der Waals surface area (Å²) in [7, 11) is 5.67. The Morgan fingerprint density at radius 2 is 2.14 bits per heavy atom. The summed E-state index contributed by atoms with van der Waals surface area (Å²) in [4.78, 5) is 0. The van der Waals surface area contributed by atoms with Crippen LogP contribution in [0.25, 0.3) is 10.1 Å². The lowest BCUT2D eigenvalue weighted by molar-refractivity contribution is -0.0485. The van der Waals surface area contributed by atoms with E-state index in [0.29, 0.717) is 10.8 Å². The molecule has 2 radical (unpaired) electrons. The molecule has 14 heavy (non-hydrogen) atoms. The maximum absolute atomic E-state index is 12.0. The Morgan fingerprint density at radius 1 is 1.36 bits per heavy atom. The second kappa shape index (κ2) is 3.57. The van der Waals surface area contributed by atoms with Gasteiger partial charge >= 0.3 is 6.61 Å². The van der Waals surface area contributed by atoms with Crippen LogP contribution in [0.5, 0.6) is 5.75 Å². The van der Waals surface area contributed by atoms with Crippen molar-refractivity contribution in [3.05, 3.63) is 23.6 Å². The Morgan fingerprint density at radius 3 is 2.86 bits per heavy atom. The van der Waals surface area contributed by atoms with Gasteiger partial charge in [-0.2, -0.15) is 8.78 Å². The molecule has 1 heterocycles. The molecule has 0 saturated heterocycles. The van der Waals surface area contributed by atoms with E-state index in [1.165, 1.54) is 16.7 Å². The smallest absolute Gasteiger partial charge is 0.387 e. The normalized spacial score (nSPS) is 11.1. The molecule has 1 aromatic heterocycles. The van der Waals surface area contributed by atoms with Crippen LogP contribution >= 0.6 is 11.3 Å². The molecular formula is C9H5BF2OS. The summed E-state index contributed by atoms with van der Waals surface area (Å²) in [5, 5.41) is 2.17. The quantitative estimate of drug-likeness (QED) is 0.691. The highest BCUT2D eigenvalue weighted by atomic mass is 32.1. The van der Waals surface area contributed by atoms with Crippen LogP contribution in [0.4, 0.5) is 8.78 Å². The van der Waals surface area contributed by atoms with Crippen LogP contribution in [0, 0.1) is 0 Å². The minimum Gasteiger partial charge on any atom is -0.433 e. The summed E-state index contributed by atoms with van der Waals surface area (Å²) in [6.07, 6.45) is 0. The number of alkyl halides is 2. The minimum absolute atomic E-state index is 0.187. The first kappa shape index (κ1) is 9.46. The molecule has 70 valence electrons. The monoisotopic (exact) mass is 210 g/mol. The zero-order chi connectivity index (χ0) is 10.1. The Bertz CT molecular complexity index is 455. The van der Waals surface area contributed by atoms with Gasteiger partial charge in [0.1, 0.15) is 13.6 Å². The summed E-state index contributed by atoms with van der Waals surface area (Å²) >= 11 is 1.30. The van der Waals surface area contributed by atoms with E-state index in [1.807, 2.05) is 0 Å². The maximum Gasteiger partial charge on any atom is 0.387 e. The van der Waals surface area contributed by atoms with Crippen LogP contribution in [0.3, 0.4) is 0 Å². The van der Waals surface area contributed by atoms with Gasteiger partial charge in [0.2, 0.25) is 0 Å². The van der Waals surface area contributed by atoms with E-state index in [2.05, 4.69) is 4.74 Å². The third-order valence-electron chi connectivity index (χ3n) is 1.81. The molecule has 0 unspecified atom stereocenters. The third-order valence-corrected chi connectivity index (χ3v) is 2.83. The first-order chi connectivity index (χ1) is 6.68. The van der Waals surface area contributed by atoms with Crippen molar-refractivity contribution in [2.75, 3.05) is 0 Å². The Kier molecular flexibility index (Phi) is 2.41. The third kappa shape index (κ3) is 1.59. The number of thiophene rings is 1. The molecule has 1 aromatic carbocycles. The van der Waals surface area contributed by atoms with Crippen LogP contribution < -0.4 is 10.2 Å². The van der Waals surface area contributed by atoms with Gasteiger partial charge in [0.05, 0.1) is 0 Å². The standard InChI is InChI=1S/C9H5BF2OS/c10-6-3-1-2-5-7(13-9(11)12)4-14-8(5)6/h1-4,9H. The van der Waals surface area contributed by atoms with Crippen LogP contribution in [-0.2, 0) is 0 Å². The van der Waals surface area contributed by atoms with Gasteiger partial charge in [-0.3, -0.25) is 0 Å². The van der Waals surface area contributed by atoms with Gasteiger partial charge in [0.25, 0.3) is 0 Å². The Hall–Kier alpha value is -1.10. The van der Waals surface area contributed by atoms with Gasteiger partial charge in [-0.25, -0.2) is 0 Å². The van der Waals surface area contributed by atoms with Crippen LogP contribution in [0.1, 0.15) is 0 Å². The fourth-order valence-corrected chi connectivity index (χ4v) is 2.15. The molecule has 0 amide bonds. The molecule has 0 N–H and O–H groups in total. The molecule has 0 atom stereocenters. The summed E-state index contributed by atoms with van der Waals surface area (Å²) in [5.74, 6) is 0.187. The molecule has 0 aliphatic carbocycles. The molecule has 1 nitrogen and oxygen atoms in total. The topological polar surface area (TPSA) is 9.23 Å². The van der Waals surface area contributed by atoms with E-state index in [-0.39, 0.29) is 5.75 Å². The van der Waals surface area contributed by atoms with Crippen LogP contribution in [0.15, 0.2) is 23.6 Å². The number of fused-ring (bicyclic) bond motifs is 1. The fraction of sp³-hybridized carbons (Fsp3) is 0.111. The summed E-state index contributed by atoms with van der Waals surface area (Å²) in [6.45, 7) is -2.80. The highest BCUT2D eigenvalue weighted by Crippen LogP contribution is 2.31. The molecular weight excluding hydrogens is 205 g/mol. The zero-order valence-corrected chi connectivity index (χ0v) is 7.85. The molecule has 0 saturated carbocycles. The molecule has 0 aliphatic heterocycles. The second-order valence-electron chi connectivity index (χ2n) is 2.70.